The van der Waals surface area contributed by atoms with Crippen molar-refractivity contribution in [2.45, 2.75) is 81.0 Å². The van der Waals surface area contributed by atoms with E-state index in [4.69, 9.17) is 11.6 Å². The average molecular weight is 819 g/mol. The van der Waals surface area contributed by atoms with Crippen LogP contribution in [0.5, 0.6) is 0 Å². The van der Waals surface area contributed by atoms with Gasteiger partial charge < -0.3 is 20.2 Å². The number of imide groups is 1. The van der Waals surface area contributed by atoms with Crippen molar-refractivity contribution in [2.75, 3.05) is 60.9 Å². The van der Waals surface area contributed by atoms with Crippen molar-refractivity contribution in [1.82, 2.24) is 24.9 Å². The summed E-state index contributed by atoms with van der Waals surface area (Å²) in [5.41, 5.74) is 0.536. The first-order valence-corrected chi connectivity index (χ1v) is 20.7. The number of carbonyl (C=O) groups excluding carboxylic acids is 2. The third-order valence-electron chi connectivity index (χ3n) is 11.2. The van der Waals surface area contributed by atoms with Crippen LogP contribution in [-0.2, 0) is 25.8 Å². The Bertz CT molecular complexity index is 2090. The highest BCUT2D eigenvalue weighted by Gasteiger charge is 2.40. The molecule has 302 valence electrons. The summed E-state index contributed by atoms with van der Waals surface area (Å²) in [6.07, 6.45) is -0.829. The van der Waals surface area contributed by atoms with Gasteiger partial charge in [-0.25, -0.2) is 18.1 Å². The number of aromatic nitrogens is 2. The number of rotatable bonds is 10. The van der Waals surface area contributed by atoms with Crippen molar-refractivity contribution >= 4 is 56.6 Å². The number of piperazine rings is 1. The molecule has 1 saturated carbocycles. The predicted molar refractivity (Wildman–Crippen MR) is 206 cm³/mol. The molecule has 0 radical (unpaired) electrons. The van der Waals surface area contributed by atoms with E-state index in [9.17, 15) is 36.3 Å². The largest absolute Gasteiger partial charge is 0.421 e. The molecule has 4 aliphatic rings. The van der Waals surface area contributed by atoms with Gasteiger partial charge in [0.1, 0.15) is 11.4 Å². The van der Waals surface area contributed by atoms with Crippen molar-refractivity contribution in [3.8, 4) is 0 Å². The van der Waals surface area contributed by atoms with E-state index >= 15 is 0 Å². The smallest absolute Gasteiger partial charge is 0.388 e. The summed E-state index contributed by atoms with van der Waals surface area (Å²) in [6, 6.07) is 10.0. The van der Waals surface area contributed by atoms with E-state index in [0.29, 0.717) is 54.4 Å². The van der Waals surface area contributed by atoms with Gasteiger partial charge in [0, 0.05) is 80.9 Å². The van der Waals surface area contributed by atoms with E-state index in [1.54, 1.807) is 19.9 Å². The highest BCUT2D eigenvalue weighted by Crippen LogP contribution is 2.39. The number of amides is 2. The molecule has 18 heteroatoms. The standard InChI is InChI=1S/C38H46ClF3N8O5S/c1-23-16-27(5-8-32(23)44-36-43-20-30(38(40,41)42)34(46-36)50-11-3-10-37(2,53)22-50)56(54,55)47-25-17-24(18-25)21-48-12-14-49(15-13-48)26-4-6-28(31(39)19-26)29-7-9-33(51)45-35(29)52/h4-6,8,16,19-20,24-25,29,47,53H,3,7,9-15,17-18,21-22H2,1-2H3,(H,43,44,46)(H,45,51,52)/t24?,25?,29?,37-/m0/s1. The Hall–Kier alpha value is -4.03. The number of β-amino-alcohol motifs (C(OH)–C–C–N with tert-alkyl or cyclic N) is 1. The van der Waals surface area contributed by atoms with Gasteiger partial charge in [0.25, 0.3) is 0 Å². The summed E-state index contributed by atoms with van der Waals surface area (Å²) in [4.78, 5) is 38.1. The van der Waals surface area contributed by atoms with Gasteiger partial charge in [-0.05, 0) is 93.3 Å². The first-order valence-electron chi connectivity index (χ1n) is 18.9. The minimum Gasteiger partial charge on any atom is -0.388 e. The number of nitrogens with one attached hydrogen (secondary N) is 3. The van der Waals surface area contributed by atoms with Gasteiger partial charge in [0.2, 0.25) is 27.8 Å². The second-order valence-corrected chi connectivity index (χ2v) is 17.8. The van der Waals surface area contributed by atoms with E-state index < -0.39 is 33.3 Å². The molecule has 2 atom stereocenters. The lowest BCUT2D eigenvalue weighted by Crippen LogP contribution is -2.52. The SMILES string of the molecule is Cc1cc(S(=O)(=O)NC2CC(CN3CCN(c4ccc(C5CCC(=O)NC5=O)c(Cl)c4)CC3)C2)ccc1Nc1ncc(C(F)(F)F)c(N2CCC[C@](C)(O)C2)n1. The maximum Gasteiger partial charge on any atom is 0.421 e. The molecule has 1 aromatic heterocycles. The topological polar surface area (TPSA) is 160 Å². The number of aliphatic hydroxyl groups is 1. The number of carbonyl (C=O) groups is 2. The molecule has 4 fully saturated rings. The van der Waals surface area contributed by atoms with Crippen LogP contribution in [0, 0.1) is 12.8 Å². The maximum absolute atomic E-state index is 13.9. The zero-order valence-electron chi connectivity index (χ0n) is 31.2. The number of aryl methyl sites for hydroxylation is 1. The Kier molecular flexibility index (Phi) is 11.3. The Morgan fingerprint density at radius 1 is 1.05 bits per heavy atom. The van der Waals surface area contributed by atoms with Gasteiger partial charge in [-0.1, -0.05) is 17.7 Å². The summed E-state index contributed by atoms with van der Waals surface area (Å²) < 4.78 is 71.2. The van der Waals surface area contributed by atoms with Gasteiger partial charge in [0.15, 0.2) is 0 Å². The van der Waals surface area contributed by atoms with Crippen LogP contribution in [0.25, 0.3) is 0 Å². The first-order chi connectivity index (χ1) is 26.4. The Labute approximate surface area is 329 Å². The van der Waals surface area contributed by atoms with Crippen LogP contribution in [0.4, 0.5) is 36.3 Å². The number of nitrogens with zero attached hydrogens (tertiary/aromatic N) is 5. The van der Waals surface area contributed by atoms with E-state index in [1.807, 2.05) is 18.2 Å². The molecule has 2 amide bonds. The summed E-state index contributed by atoms with van der Waals surface area (Å²) in [5, 5.41) is 16.4. The van der Waals surface area contributed by atoms with E-state index in [2.05, 4.69) is 35.1 Å². The fraction of sp³-hybridized carbons (Fsp3) is 0.526. The number of hydrogen-bond acceptors (Lipinski definition) is 11. The van der Waals surface area contributed by atoms with E-state index in [0.717, 1.165) is 63.0 Å². The molecule has 0 bridgehead atoms. The molecule has 56 heavy (non-hydrogen) atoms. The van der Waals surface area contributed by atoms with Crippen molar-refractivity contribution in [3.05, 3.63) is 64.3 Å². The fourth-order valence-electron chi connectivity index (χ4n) is 8.15. The lowest BCUT2D eigenvalue weighted by molar-refractivity contribution is -0.138. The van der Waals surface area contributed by atoms with E-state index in [1.165, 1.54) is 17.0 Å². The molecule has 2 aromatic carbocycles. The number of alkyl halides is 3. The molecule has 3 aromatic rings. The molecule has 3 saturated heterocycles. The van der Waals surface area contributed by atoms with Gasteiger partial charge >= 0.3 is 6.18 Å². The number of hydrogen-bond donors (Lipinski definition) is 4. The minimum absolute atomic E-state index is 0.00646. The summed E-state index contributed by atoms with van der Waals surface area (Å²) in [6.45, 7) is 7.73. The summed E-state index contributed by atoms with van der Waals surface area (Å²) in [5.74, 6) is -1.06. The van der Waals surface area contributed by atoms with Crippen molar-refractivity contribution < 1.29 is 36.3 Å². The van der Waals surface area contributed by atoms with Gasteiger partial charge in [-0.15, -0.1) is 0 Å². The molecule has 1 aliphatic carbocycles. The van der Waals surface area contributed by atoms with Crippen LogP contribution in [0.2, 0.25) is 5.02 Å². The lowest BCUT2D eigenvalue weighted by atomic mass is 9.80. The van der Waals surface area contributed by atoms with Crippen molar-refractivity contribution in [1.29, 1.82) is 0 Å². The second kappa shape index (κ2) is 15.7. The molecule has 4 N–H and O–H groups in total. The Morgan fingerprint density at radius 2 is 1.80 bits per heavy atom. The number of piperidine rings is 2. The predicted octanol–water partition coefficient (Wildman–Crippen LogP) is 4.95. The quantitative estimate of drug-likeness (QED) is 0.205. The number of benzene rings is 2. The summed E-state index contributed by atoms with van der Waals surface area (Å²) >= 11 is 6.61. The van der Waals surface area contributed by atoms with Gasteiger partial charge in [0.05, 0.1) is 16.4 Å². The minimum atomic E-state index is -4.69. The Morgan fingerprint density at radius 3 is 2.46 bits per heavy atom. The second-order valence-electron chi connectivity index (χ2n) is 15.7. The molecule has 3 aliphatic heterocycles. The number of sulfonamides is 1. The molecule has 4 heterocycles. The van der Waals surface area contributed by atoms with Crippen molar-refractivity contribution in [2.24, 2.45) is 5.92 Å². The van der Waals surface area contributed by atoms with E-state index in [-0.39, 0.29) is 41.1 Å². The molecule has 0 spiro atoms. The zero-order chi connectivity index (χ0) is 40.0. The maximum atomic E-state index is 13.9. The van der Waals surface area contributed by atoms with Crippen LogP contribution in [0.3, 0.4) is 0 Å². The lowest BCUT2D eigenvalue weighted by Gasteiger charge is -2.42. The van der Waals surface area contributed by atoms with Crippen LogP contribution in [-0.4, -0.2) is 97.7 Å². The highest BCUT2D eigenvalue weighted by molar-refractivity contribution is 7.89. The third-order valence-corrected chi connectivity index (χ3v) is 13.1. The Balaban J connectivity index is 0.895. The van der Waals surface area contributed by atoms with Crippen LogP contribution in [0.1, 0.15) is 68.1 Å². The zero-order valence-corrected chi connectivity index (χ0v) is 32.8. The first kappa shape index (κ1) is 40.2. The molecule has 13 nitrogen and oxygen atoms in total. The molecular formula is C38H46ClF3N8O5S. The van der Waals surface area contributed by atoms with Gasteiger partial charge in [-0.3, -0.25) is 19.8 Å². The average Bonchev–Trinajstić information content (AvgIpc) is 3.11. The highest BCUT2D eigenvalue weighted by atomic mass is 35.5. The van der Waals surface area contributed by atoms with Crippen molar-refractivity contribution in [3.63, 3.8) is 0 Å². The third kappa shape index (κ3) is 9.07. The normalized spacial score (nSPS) is 25.2. The monoisotopic (exact) mass is 818 g/mol. The van der Waals surface area contributed by atoms with Crippen LogP contribution in [0.15, 0.2) is 47.5 Å². The molecular weight excluding hydrogens is 773 g/mol. The fourth-order valence-corrected chi connectivity index (χ4v) is 9.80. The number of halogens is 4. The molecule has 7 rings (SSSR count). The summed E-state index contributed by atoms with van der Waals surface area (Å²) in [7, 11) is -3.83. The van der Waals surface area contributed by atoms with Gasteiger partial charge in [-0.2, -0.15) is 18.2 Å². The van der Waals surface area contributed by atoms with Crippen LogP contribution < -0.4 is 25.2 Å². The van der Waals surface area contributed by atoms with Crippen LogP contribution >= 0.6 is 11.6 Å². The molecule has 1 unspecified atom stereocenters. The number of anilines is 4.